The average molecular weight is 298 g/mol. The van der Waals surface area contributed by atoms with Crippen molar-refractivity contribution in [2.24, 2.45) is 11.7 Å². The molecular weight excluding hydrogens is 283 g/mol. The van der Waals surface area contributed by atoms with E-state index >= 15 is 0 Å². The van der Waals surface area contributed by atoms with Crippen LogP contribution in [0, 0.1) is 5.92 Å². The molecular formula is C12H15Cl2F2NO. The molecule has 0 radical (unpaired) electrons. The van der Waals surface area contributed by atoms with Crippen LogP contribution in [-0.2, 0) is 0 Å². The van der Waals surface area contributed by atoms with Crippen LogP contribution in [-0.4, -0.2) is 19.6 Å². The maximum Gasteiger partial charge on any atom is 0.272 e. The zero-order chi connectivity index (χ0) is 12.4. The fourth-order valence-corrected chi connectivity index (χ4v) is 2.16. The van der Waals surface area contributed by atoms with Gasteiger partial charge in [0.1, 0.15) is 12.4 Å². The van der Waals surface area contributed by atoms with Crippen molar-refractivity contribution in [1.82, 2.24) is 0 Å². The highest BCUT2D eigenvalue weighted by molar-refractivity contribution is 6.30. The van der Waals surface area contributed by atoms with Gasteiger partial charge < -0.3 is 10.5 Å². The molecule has 1 saturated carbocycles. The lowest BCUT2D eigenvalue weighted by atomic mass is 10.1. The first-order chi connectivity index (χ1) is 8.11. The predicted octanol–water partition coefficient (Wildman–Crippen LogP) is 3.47. The molecule has 1 fully saturated rings. The van der Waals surface area contributed by atoms with Gasteiger partial charge >= 0.3 is 0 Å². The van der Waals surface area contributed by atoms with Crippen LogP contribution in [0.15, 0.2) is 18.2 Å². The SMILES string of the molecule is Cl.NC[C@@H]1C[C@H]1c1cc(Cl)ccc1OCC(F)F. The van der Waals surface area contributed by atoms with Crippen LogP contribution >= 0.6 is 24.0 Å². The Bertz CT molecular complexity index is 404. The van der Waals surface area contributed by atoms with Crippen LogP contribution in [0.3, 0.4) is 0 Å². The molecule has 1 aliphatic rings. The Kier molecular flexibility index (Phi) is 5.63. The van der Waals surface area contributed by atoms with Gasteiger partial charge in [0.25, 0.3) is 6.43 Å². The van der Waals surface area contributed by atoms with Gasteiger partial charge in [0.05, 0.1) is 0 Å². The zero-order valence-corrected chi connectivity index (χ0v) is 11.2. The van der Waals surface area contributed by atoms with E-state index < -0.39 is 13.0 Å². The van der Waals surface area contributed by atoms with Crippen molar-refractivity contribution in [1.29, 1.82) is 0 Å². The number of nitrogens with two attached hydrogens (primary N) is 1. The van der Waals surface area contributed by atoms with Gasteiger partial charge in [0.15, 0.2) is 0 Å². The normalized spacial score (nSPS) is 21.6. The number of hydrogen-bond acceptors (Lipinski definition) is 2. The lowest BCUT2D eigenvalue weighted by Gasteiger charge is -2.11. The molecule has 2 rings (SSSR count). The molecule has 102 valence electrons. The lowest BCUT2D eigenvalue weighted by molar-refractivity contribution is 0.0814. The second-order valence-electron chi connectivity index (χ2n) is 4.22. The van der Waals surface area contributed by atoms with Crippen LogP contribution in [0.1, 0.15) is 17.9 Å². The second kappa shape index (κ2) is 6.55. The number of ether oxygens (including phenoxy) is 1. The highest BCUT2D eigenvalue weighted by atomic mass is 35.5. The van der Waals surface area contributed by atoms with Gasteiger partial charge in [0.2, 0.25) is 0 Å². The van der Waals surface area contributed by atoms with Crippen molar-refractivity contribution in [3.8, 4) is 5.75 Å². The van der Waals surface area contributed by atoms with Crippen molar-refractivity contribution >= 4 is 24.0 Å². The third kappa shape index (κ3) is 3.70. The van der Waals surface area contributed by atoms with Crippen LogP contribution in [0.5, 0.6) is 5.75 Å². The summed E-state index contributed by atoms with van der Waals surface area (Å²) in [5, 5.41) is 0.590. The minimum Gasteiger partial charge on any atom is -0.487 e. The largest absolute Gasteiger partial charge is 0.487 e. The fourth-order valence-electron chi connectivity index (χ4n) is 1.98. The van der Waals surface area contributed by atoms with E-state index in [2.05, 4.69) is 0 Å². The summed E-state index contributed by atoms with van der Waals surface area (Å²) >= 11 is 5.91. The number of hydrogen-bond donors (Lipinski definition) is 1. The average Bonchev–Trinajstić information content (AvgIpc) is 3.06. The van der Waals surface area contributed by atoms with Crippen LogP contribution < -0.4 is 10.5 Å². The van der Waals surface area contributed by atoms with E-state index in [1.807, 2.05) is 0 Å². The topological polar surface area (TPSA) is 35.2 Å². The van der Waals surface area contributed by atoms with E-state index in [1.165, 1.54) is 0 Å². The van der Waals surface area contributed by atoms with Gasteiger partial charge in [-0.2, -0.15) is 0 Å². The summed E-state index contributed by atoms with van der Waals surface area (Å²) < 4.78 is 29.3. The summed E-state index contributed by atoms with van der Waals surface area (Å²) in [7, 11) is 0. The maximum absolute atomic E-state index is 12.1. The number of benzene rings is 1. The van der Waals surface area contributed by atoms with Crippen molar-refractivity contribution in [3.63, 3.8) is 0 Å². The summed E-state index contributed by atoms with van der Waals surface area (Å²) in [4.78, 5) is 0. The molecule has 0 unspecified atom stereocenters. The Morgan fingerprint density at radius 3 is 2.72 bits per heavy atom. The highest BCUT2D eigenvalue weighted by Crippen LogP contribution is 2.50. The molecule has 1 aliphatic carbocycles. The lowest BCUT2D eigenvalue weighted by Crippen LogP contribution is -2.09. The van der Waals surface area contributed by atoms with E-state index in [1.54, 1.807) is 18.2 Å². The molecule has 0 amide bonds. The van der Waals surface area contributed by atoms with Gasteiger partial charge in [-0.1, -0.05) is 11.6 Å². The van der Waals surface area contributed by atoms with Gasteiger partial charge in [-0.3, -0.25) is 0 Å². The van der Waals surface area contributed by atoms with Crippen molar-refractivity contribution < 1.29 is 13.5 Å². The molecule has 6 heteroatoms. The second-order valence-corrected chi connectivity index (χ2v) is 4.66. The molecule has 0 heterocycles. The van der Waals surface area contributed by atoms with Gasteiger partial charge in [0, 0.05) is 5.02 Å². The third-order valence-electron chi connectivity index (χ3n) is 2.96. The molecule has 18 heavy (non-hydrogen) atoms. The molecule has 0 aliphatic heterocycles. The molecule has 2 nitrogen and oxygen atoms in total. The van der Waals surface area contributed by atoms with Crippen LogP contribution in [0.4, 0.5) is 8.78 Å². The smallest absolute Gasteiger partial charge is 0.272 e. The standard InChI is InChI=1S/C12H14ClF2NO.ClH/c13-8-1-2-11(17-6-12(14)15)10(4-8)9-3-7(9)5-16;/h1-2,4,7,9,12H,3,5-6,16H2;1H/t7-,9+;/m0./s1. The van der Waals surface area contributed by atoms with Crippen LogP contribution in [0.2, 0.25) is 5.02 Å². The predicted molar refractivity (Wildman–Crippen MR) is 70.1 cm³/mol. The van der Waals surface area contributed by atoms with E-state index in [0.717, 1.165) is 12.0 Å². The molecule has 0 aromatic heterocycles. The van der Waals surface area contributed by atoms with Crippen molar-refractivity contribution in [3.05, 3.63) is 28.8 Å². The Morgan fingerprint density at radius 2 is 2.17 bits per heavy atom. The number of halogens is 4. The maximum atomic E-state index is 12.1. The monoisotopic (exact) mass is 297 g/mol. The zero-order valence-electron chi connectivity index (χ0n) is 9.61. The van der Waals surface area contributed by atoms with Gasteiger partial charge in [-0.15, -0.1) is 12.4 Å². The Hall–Kier alpha value is -0.580. The summed E-state index contributed by atoms with van der Waals surface area (Å²) in [6.07, 6.45) is -1.50. The number of alkyl halides is 2. The first-order valence-corrected chi connectivity index (χ1v) is 5.90. The Labute approximate surface area is 116 Å². The van der Waals surface area contributed by atoms with Gasteiger partial charge in [-0.25, -0.2) is 8.78 Å². The molecule has 0 saturated heterocycles. The Balaban J connectivity index is 0.00000162. The number of rotatable bonds is 5. The molecule has 0 bridgehead atoms. The molecule has 1 aromatic carbocycles. The van der Waals surface area contributed by atoms with E-state index in [4.69, 9.17) is 22.1 Å². The summed E-state index contributed by atoms with van der Waals surface area (Å²) in [6.45, 7) is 0.0140. The molecule has 2 atom stereocenters. The summed E-state index contributed by atoms with van der Waals surface area (Å²) in [6, 6.07) is 5.07. The summed E-state index contributed by atoms with van der Waals surface area (Å²) in [5.41, 5.74) is 6.47. The minimum atomic E-state index is -2.47. The Morgan fingerprint density at radius 1 is 1.44 bits per heavy atom. The molecule has 1 aromatic rings. The fraction of sp³-hybridized carbons (Fsp3) is 0.500. The summed E-state index contributed by atoms with van der Waals surface area (Å²) in [5.74, 6) is 1.21. The first-order valence-electron chi connectivity index (χ1n) is 5.52. The quantitative estimate of drug-likeness (QED) is 0.903. The molecule has 0 spiro atoms. The van der Waals surface area contributed by atoms with Crippen molar-refractivity contribution in [2.45, 2.75) is 18.8 Å². The minimum absolute atomic E-state index is 0. The van der Waals surface area contributed by atoms with E-state index in [0.29, 0.717) is 29.2 Å². The first kappa shape index (κ1) is 15.5. The highest BCUT2D eigenvalue weighted by Gasteiger charge is 2.39. The third-order valence-corrected chi connectivity index (χ3v) is 3.20. The van der Waals surface area contributed by atoms with Crippen LogP contribution in [0.25, 0.3) is 0 Å². The van der Waals surface area contributed by atoms with E-state index in [-0.39, 0.29) is 12.4 Å². The van der Waals surface area contributed by atoms with E-state index in [9.17, 15) is 8.78 Å². The molecule has 2 N–H and O–H groups in total. The van der Waals surface area contributed by atoms with Crippen molar-refractivity contribution in [2.75, 3.05) is 13.2 Å². The van der Waals surface area contributed by atoms with Gasteiger partial charge in [-0.05, 0) is 48.6 Å².